The van der Waals surface area contributed by atoms with E-state index < -0.39 is 11.9 Å². The van der Waals surface area contributed by atoms with Gasteiger partial charge in [-0.2, -0.15) is 0 Å². The van der Waals surface area contributed by atoms with Crippen LogP contribution in [-0.4, -0.2) is 58.5 Å². The van der Waals surface area contributed by atoms with E-state index >= 15 is 0 Å². The first-order valence-electron chi connectivity index (χ1n) is 11.1. The Bertz CT molecular complexity index is 1360. The van der Waals surface area contributed by atoms with E-state index in [9.17, 15) is 14.4 Å². The first-order chi connectivity index (χ1) is 16.9. The van der Waals surface area contributed by atoms with Crippen molar-refractivity contribution >= 4 is 58.0 Å². The predicted molar refractivity (Wildman–Crippen MR) is 133 cm³/mol. The van der Waals surface area contributed by atoms with Gasteiger partial charge in [-0.3, -0.25) is 14.5 Å². The van der Waals surface area contributed by atoms with Crippen LogP contribution in [0.25, 0.3) is 17.0 Å². The number of nitrogens with zero attached hydrogens (tertiary/aromatic N) is 3. The summed E-state index contributed by atoms with van der Waals surface area (Å²) in [4.78, 5) is 41.3. The first kappa shape index (κ1) is 23.4. The third-order valence-corrected chi connectivity index (χ3v) is 6.68. The van der Waals surface area contributed by atoms with Crippen molar-refractivity contribution in [1.82, 2.24) is 19.7 Å². The van der Waals surface area contributed by atoms with Crippen LogP contribution in [0.15, 0.2) is 54.4 Å². The average Bonchev–Trinajstić information content (AvgIpc) is 3.33. The van der Waals surface area contributed by atoms with Crippen molar-refractivity contribution in [3.63, 3.8) is 0 Å². The lowest BCUT2D eigenvalue weighted by Crippen LogP contribution is -2.42. The molecule has 1 aromatic heterocycles. The van der Waals surface area contributed by atoms with Gasteiger partial charge in [-0.1, -0.05) is 47.5 Å². The highest BCUT2D eigenvalue weighted by atomic mass is 35.5. The van der Waals surface area contributed by atoms with Gasteiger partial charge in [0.15, 0.2) is 0 Å². The summed E-state index contributed by atoms with van der Waals surface area (Å²) < 4.78 is 7.20. The zero-order valence-electron chi connectivity index (χ0n) is 18.7. The SMILES string of the molecule is O=C(Cn1cc(/C=C2\NC(=O)N(Cc3ccc(Cl)cc3Cl)C2=O)c2ccccc21)N1CCOCC1. The van der Waals surface area contributed by atoms with Gasteiger partial charge in [0.25, 0.3) is 5.91 Å². The van der Waals surface area contributed by atoms with E-state index in [-0.39, 0.29) is 24.7 Å². The number of urea groups is 1. The molecule has 0 aliphatic carbocycles. The summed E-state index contributed by atoms with van der Waals surface area (Å²) in [6.45, 7) is 2.41. The summed E-state index contributed by atoms with van der Waals surface area (Å²) in [5, 5.41) is 4.37. The highest BCUT2D eigenvalue weighted by Crippen LogP contribution is 2.27. The largest absolute Gasteiger partial charge is 0.378 e. The fraction of sp³-hybridized carbons (Fsp3) is 0.240. The molecule has 2 saturated heterocycles. The van der Waals surface area contributed by atoms with Gasteiger partial charge in [0.1, 0.15) is 12.2 Å². The number of fused-ring (bicyclic) bond motifs is 1. The van der Waals surface area contributed by atoms with Crippen LogP contribution in [0.1, 0.15) is 11.1 Å². The van der Waals surface area contributed by atoms with E-state index in [1.165, 1.54) is 0 Å². The molecule has 0 bridgehead atoms. The second-order valence-corrected chi connectivity index (χ2v) is 9.18. The zero-order valence-corrected chi connectivity index (χ0v) is 20.2. The average molecular weight is 513 g/mol. The Kier molecular flexibility index (Phi) is 6.51. The van der Waals surface area contributed by atoms with E-state index in [1.807, 2.05) is 35.0 Å². The van der Waals surface area contributed by atoms with Crippen LogP contribution in [0.3, 0.4) is 0 Å². The standard InChI is InChI=1S/C25H22Cl2N4O4/c26-18-6-5-16(20(27)12-18)14-31-24(33)21(28-25(31)34)11-17-13-30(22-4-2-1-3-19(17)22)15-23(32)29-7-9-35-10-8-29/h1-6,11-13H,7-10,14-15H2,(H,28,34)/b21-11-. The number of ether oxygens (including phenoxy) is 1. The number of rotatable bonds is 5. The van der Waals surface area contributed by atoms with Crippen molar-refractivity contribution in [1.29, 1.82) is 0 Å². The molecule has 0 unspecified atom stereocenters. The second kappa shape index (κ2) is 9.73. The molecule has 2 fully saturated rings. The van der Waals surface area contributed by atoms with E-state index in [2.05, 4.69) is 5.32 Å². The van der Waals surface area contributed by atoms with Crippen LogP contribution >= 0.6 is 23.2 Å². The second-order valence-electron chi connectivity index (χ2n) is 8.34. The summed E-state index contributed by atoms with van der Waals surface area (Å²) in [5.74, 6) is -0.452. The predicted octanol–water partition coefficient (Wildman–Crippen LogP) is 3.90. The number of hydrogen-bond donors (Lipinski definition) is 1. The number of aromatic nitrogens is 1. The topological polar surface area (TPSA) is 83.9 Å². The van der Waals surface area contributed by atoms with Crippen molar-refractivity contribution in [3.05, 3.63) is 75.5 Å². The lowest BCUT2D eigenvalue weighted by atomic mass is 10.1. The normalized spacial score (nSPS) is 17.5. The molecule has 10 heteroatoms. The number of amides is 4. The Labute approximate surface area is 211 Å². The number of carbonyl (C=O) groups is 3. The minimum atomic E-state index is -0.529. The summed E-state index contributed by atoms with van der Waals surface area (Å²) >= 11 is 12.2. The van der Waals surface area contributed by atoms with Crippen LogP contribution < -0.4 is 5.32 Å². The Morgan fingerprint density at radius 2 is 1.86 bits per heavy atom. The minimum Gasteiger partial charge on any atom is -0.378 e. The van der Waals surface area contributed by atoms with Gasteiger partial charge in [-0.25, -0.2) is 4.79 Å². The van der Waals surface area contributed by atoms with Gasteiger partial charge in [0, 0.05) is 45.8 Å². The van der Waals surface area contributed by atoms with Gasteiger partial charge in [0.05, 0.1) is 19.8 Å². The van der Waals surface area contributed by atoms with Gasteiger partial charge in [-0.15, -0.1) is 0 Å². The molecule has 3 aromatic rings. The van der Waals surface area contributed by atoms with Crippen LogP contribution in [0.2, 0.25) is 10.0 Å². The molecular weight excluding hydrogens is 491 g/mol. The number of nitrogens with one attached hydrogen (secondary N) is 1. The van der Waals surface area contributed by atoms with Crippen molar-refractivity contribution < 1.29 is 19.1 Å². The maximum absolute atomic E-state index is 13.1. The lowest BCUT2D eigenvalue weighted by molar-refractivity contribution is -0.135. The van der Waals surface area contributed by atoms with E-state index in [4.69, 9.17) is 27.9 Å². The van der Waals surface area contributed by atoms with Crippen LogP contribution in [0.4, 0.5) is 4.79 Å². The molecule has 3 heterocycles. The smallest absolute Gasteiger partial charge is 0.329 e. The van der Waals surface area contributed by atoms with Crippen molar-refractivity contribution in [2.24, 2.45) is 0 Å². The molecule has 5 rings (SSSR count). The Hall–Kier alpha value is -3.33. The molecule has 2 aromatic carbocycles. The molecular formula is C25H22Cl2N4O4. The summed E-state index contributed by atoms with van der Waals surface area (Å²) in [7, 11) is 0. The molecule has 0 atom stereocenters. The van der Waals surface area contributed by atoms with Crippen LogP contribution in [-0.2, 0) is 27.4 Å². The highest BCUT2D eigenvalue weighted by molar-refractivity contribution is 6.35. The number of benzene rings is 2. The number of halogens is 2. The van der Waals surface area contributed by atoms with Gasteiger partial charge in [0.2, 0.25) is 5.91 Å². The summed E-state index contributed by atoms with van der Waals surface area (Å²) in [5.41, 5.74) is 2.36. The fourth-order valence-electron chi connectivity index (χ4n) is 4.27. The molecule has 0 spiro atoms. The van der Waals surface area contributed by atoms with Gasteiger partial charge >= 0.3 is 6.03 Å². The lowest BCUT2D eigenvalue weighted by Gasteiger charge is -2.27. The summed E-state index contributed by atoms with van der Waals surface area (Å²) in [6.07, 6.45) is 3.47. The number of morpholine rings is 1. The maximum Gasteiger partial charge on any atom is 0.329 e. The number of para-hydroxylation sites is 1. The van der Waals surface area contributed by atoms with Crippen molar-refractivity contribution in [3.8, 4) is 0 Å². The third kappa shape index (κ3) is 4.77. The van der Waals surface area contributed by atoms with Crippen LogP contribution in [0, 0.1) is 0 Å². The molecule has 2 aliphatic heterocycles. The molecule has 2 aliphatic rings. The molecule has 0 radical (unpaired) electrons. The number of hydrogen-bond acceptors (Lipinski definition) is 4. The zero-order chi connectivity index (χ0) is 24.5. The van der Waals surface area contributed by atoms with Crippen molar-refractivity contribution in [2.45, 2.75) is 13.1 Å². The number of imide groups is 1. The minimum absolute atomic E-state index is 0.00419. The van der Waals surface area contributed by atoms with E-state index in [1.54, 1.807) is 29.2 Å². The van der Waals surface area contributed by atoms with Gasteiger partial charge < -0.3 is 19.5 Å². The maximum atomic E-state index is 13.1. The Balaban J connectivity index is 1.41. The Morgan fingerprint density at radius 1 is 1.09 bits per heavy atom. The third-order valence-electron chi connectivity index (χ3n) is 6.09. The molecule has 4 amide bonds. The molecule has 0 saturated carbocycles. The Morgan fingerprint density at radius 3 is 2.63 bits per heavy atom. The fourth-order valence-corrected chi connectivity index (χ4v) is 4.74. The van der Waals surface area contributed by atoms with Crippen LogP contribution in [0.5, 0.6) is 0 Å². The van der Waals surface area contributed by atoms with E-state index in [0.717, 1.165) is 21.4 Å². The summed E-state index contributed by atoms with van der Waals surface area (Å²) in [6, 6.07) is 12.0. The molecule has 1 N–H and O–H groups in total. The van der Waals surface area contributed by atoms with Gasteiger partial charge in [-0.05, 0) is 29.8 Å². The quantitative estimate of drug-likeness (QED) is 0.415. The first-order valence-corrected chi connectivity index (χ1v) is 11.9. The highest BCUT2D eigenvalue weighted by Gasteiger charge is 2.34. The monoisotopic (exact) mass is 512 g/mol. The van der Waals surface area contributed by atoms with Crippen molar-refractivity contribution in [2.75, 3.05) is 26.3 Å². The molecule has 8 nitrogen and oxygen atoms in total. The van der Waals surface area contributed by atoms with E-state index in [0.29, 0.717) is 41.9 Å². The molecule has 35 heavy (non-hydrogen) atoms. The number of carbonyl (C=O) groups excluding carboxylic acids is 3. The molecule has 180 valence electrons.